The summed E-state index contributed by atoms with van der Waals surface area (Å²) in [5, 5.41) is 0. The topological polar surface area (TPSA) is 29.5 Å². The highest BCUT2D eigenvalue weighted by atomic mass is 79.9. The van der Waals surface area contributed by atoms with Crippen molar-refractivity contribution in [3.8, 4) is 0 Å². The first-order valence-electron chi connectivity index (χ1n) is 6.24. The van der Waals surface area contributed by atoms with Crippen LogP contribution in [0.2, 0.25) is 0 Å². The molecule has 2 rings (SSSR count). The van der Waals surface area contributed by atoms with Crippen molar-refractivity contribution in [1.82, 2.24) is 0 Å². The van der Waals surface area contributed by atoms with Gasteiger partial charge < -0.3 is 9.64 Å². The van der Waals surface area contributed by atoms with Crippen LogP contribution in [0.5, 0.6) is 0 Å². The number of anilines is 1. The quantitative estimate of drug-likeness (QED) is 0.800. The van der Waals surface area contributed by atoms with Gasteiger partial charge in [-0.1, -0.05) is 0 Å². The van der Waals surface area contributed by atoms with E-state index in [2.05, 4.69) is 27.9 Å². The Kier molecular flexibility index (Phi) is 4.78. The van der Waals surface area contributed by atoms with E-state index in [1.165, 1.54) is 6.42 Å². The third kappa shape index (κ3) is 3.33. The van der Waals surface area contributed by atoms with Gasteiger partial charge in [-0.15, -0.1) is 0 Å². The van der Waals surface area contributed by atoms with Gasteiger partial charge in [0.1, 0.15) is 0 Å². The number of ether oxygens (including phenoxy) is 1. The number of hydrogen-bond acceptors (Lipinski definition) is 3. The Morgan fingerprint density at radius 1 is 1.56 bits per heavy atom. The van der Waals surface area contributed by atoms with Gasteiger partial charge in [0.05, 0.1) is 6.61 Å². The lowest BCUT2D eigenvalue weighted by Crippen LogP contribution is -2.30. The maximum atomic E-state index is 10.8. The summed E-state index contributed by atoms with van der Waals surface area (Å²) in [6.45, 7) is 2.75. The fourth-order valence-electron chi connectivity index (χ4n) is 2.29. The number of aldehydes is 1. The predicted octanol–water partition coefficient (Wildman–Crippen LogP) is 3.12. The van der Waals surface area contributed by atoms with Crippen LogP contribution >= 0.6 is 15.9 Å². The average molecular weight is 312 g/mol. The highest BCUT2D eigenvalue weighted by molar-refractivity contribution is 9.10. The molecule has 18 heavy (non-hydrogen) atoms. The van der Waals surface area contributed by atoms with Gasteiger partial charge in [-0.25, -0.2) is 0 Å². The number of hydrogen-bond donors (Lipinski definition) is 0. The third-order valence-corrected chi connectivity index (χ3v) is 4.03. The summed E-state index contributed by atoms with van der Waals surface area (Å²) < 4.78 is 6.35. The summed E-state index contributed by atoms with van der Waals surface area (Å²) >= 11 is 3.42. The van der Waals surface area contributed by atoms with Gasteiger partial charge in [0.15, 0.2) is 6.29 Å². The minimum Gasteiger partial charge on any atom is -0.381 e. The van der Waals surface area contributed by atoms with Crippen molar-refractivity contribution >= 4 is 27.9 Å². The molecule has 0 bridgehead atoms. The molecule has 1 aliphatic heterocycles. The number of halogens is 1. The molecule has 1 aromatic carbocycles. The summed E-state index contributed by atoms with van der Waals surface area (Å²) in [4.78, 5) is 13.0. The molecule has 0 saturated carbocycles. The van der Waals surface area contributed by atoms with Crippen LogP contribution in [-0.2, 0) is 4.74 Å². The minimum atomic E-state index is 0.605. The SMILES string of the molecule is CN(CC1CCCOC1)c1ccc(C=O)c(Br)c1. The van der Waals surface area contributed by atoms with Gasteiger partial charge in [-0.2, -0.15) is 0 Å². The Hall–Kier alpha value is -0.870. The van der Waals surface area contributed by atoms with Gasteiger partial charge in [0.25, 0.3) is 0 Å². The molecule has 1 aliphatic rings. The second-order valence-corrected chi connectivity index (χ2v) is 5.64. The first-order valence-corrected chi connectivity index (χ1v) is 7.03. The Bertz CT molecular complexity index is 416. The highest BCUT2D eigenvalue weighted by Crippen LogP contribution is 2.24. The van der Waals surface area contributed by atoms with E-state index < -0.39 is 0 Å². The normalized spacial score (nSPS) is 19.6. The van der Waals surface area contributed by atoms with Crippen molar-refractivity contribution in [3.63, 3.8) is 0 Å². The molecular formula is C14H18BrNO2. The van der Waals surface area contributed by atoms with E-state index >= 15 is 0 Å². The molecule has 0 aromatic heterocycles. The Balaban J connectivity index is 2.01. The van der Waals surface area contributed by atoms with Crippen LogP contribution in [0.4, 0.5) is 5.69 Å². The molecule has 3 nitrogen and oxygen atoms in total. The second-order valence-electron chi connectivity index (χ2n) is 4.79. The lowest BCUT2D eigenvalue weighted by molar-refractivity contribution is 0.0576. The largest absolute Gasteiger partial charge is 0.381 e. The monoisotopic (exact) mass is 311 g/mol. The molecule has 1 atom stereocenters. The predicted molar refractivity (Wildman–Crippen MR) is 76.3 cm³/mol. The lowest BCUT2D eigenvalue weighted by atomic mass is 10.0. The van der Waals surface area contributed by atoms with Gasteiger partial charge in [0, 0.05) is 35.9 Å². The summed E-state index contributed by atoms with van der Waals surface area (Å²) in [7, 11) is 2.08. The molecule has 1 aromatic rings. The van der Waals surface area contributed by atoms with Crippen LogP contribution < -0.4 is 4.90 Å². The zero-order valence-corrected chi connectivity index (χ0v) is 12.1. The molecule has 1 heterocycles. The first kappa shape index (κ1) is 13.6. The van der Waals surface area contributed by atoms with Crippen LogP contribution in [-0.4, -0.2) is 33.1 Å². The van der Waals surface area contributed by atoms with Crippen molar-refractivity contribution in [3.05, 3.63) is 28.2 Å². The van der Waals surface area contributed by atoms with Gasteiger partial charge in [0.2, 0.25) is 0 Å². The number of carbonyl (C=O) groups excluding carboxylic acids is 1. The van der Waals surface area contributed by atoms with E-state index in [0.717, 1.165) is 42.6 Å². The number of benzene rings is 1. The summed E-state index contributed by atoms with van der Waals surface area (Å²) in [5.41, 5.74) is 1.81. The second kappa shape index (κ2) is 6.34. The first-order chi connectivity index (χ1) is 8.70. The molecule has 1 fully saturated rings. The van der Waals surface area contributed by atoms with E-state index in [1.807, 2.05) is 18.2 Å². The van der Waals surface area contributed by atoms with Crippen molar-refractivity contribution < 1.29 is 9.53 Å². The van der Waals surface area contributed by atoms with Gasteiger partial charge in [-0.3, -0.25) is 4.79 Å². The van der Waals surface area contributed by atoms with Crippen molar-refractivity contribution in [1.29, 1.82) is 0 Å². The summed E-state index contributed by atoms with van der Waals surface area (Å²) in [6, 6.07) is 5.83. The molecule has 0 radical (unpaired) electrons. The summed E-state index contributed by atoms with van der Waals surface area (Å²) in [6.07, 6.45) is 3.26. The smallest absolute Gasteiger partial charge is 0.151 e. The van der Waals surface area contributed by atoms with Crippen LogP contribution in [0.15, 0.2) is 22.7 Å². The molecule has 1 saturated heterocycles. The van der Waals surface area contributed by atoms with Crippen molar-refractivity contribution in [2.24, 2.45) is 5.92 Å². The van der Waals surface area contributed by atoms with Crippen molar-refractivity contribution in [2.75, 3.05) is 31.7 Å². The van der Waals surface area contributed by atoms with Gasteiger partial charge >= 0.3 is 0 Å². The zero-order chi connectivity index (χ0) is 13.0. The fraction of sp³-hybridized carbons (Fsp3) is 0.500. The van der Waals surface area contributed by atoms with E-state index in [-0.39, 0.29) is 0 Å². The van der Waals surface area contributed by atoms with Crippen LogP contribution in [0.3, 0.4) is 0 Å². The van der Waals surface area contributed by atoms with E-state index in [1.54, 1.807) is 0 Å². The molecular weight excluding hydrogens is 294 g/mol. The lowest BCUT2D eigenvalue weighted by Gasteiger charge is -2.28. The maximum Gasteiger partial charge on any atom is 0.151 e. The zero-order valence-electron chi connectivity index (χ0n) is 10.6. The number of nitrogens with zero attached hydrogens (tertiary/aromatic N) is 1. The molecule has 0 amide bonds. The van der Waals surface area contributed by atoms with E-state index in [9.17, 15) is 4.79 Å². The highest BCUT2D eigenvalue weighted by Gasteiger charge is 2.16. The maximum absolute atomic E-state index is 10.8. The molecule has 98 valence electrons. The minimum absolute atomic E-state index is 0.605. The van der Waals surface area contributed by atoms with Crippen molar-refractivity contribution in [2.45, 2.75) is 12.8 Å². The molecule has 0 aliphatic carbocycles. The number of carbonyl (C=O) groups is 1. The van der Waals surface area contributed by atoms with Gasteiger partial charge in [-0.05, 0) is 52.9 Å². The number of rotatable bonds is 4. The average Bonchev–Trinajstić information content (AvgIpc) is 2.39. The Labute approximate surface area is 116 Å². The standard InChI is InChI=1S/C14H18BrNO2/c1-16(8-11-3-2-6-18-10-11)13-5-4-12(9-17)14(15)7-13/h4-5,7,9,11H,2-3,6,8,10H2,1H3. The molecule has 4 heteroatoms. The van der Waals surface area contributed by atoms with Crippen LogP contribution in [0.1, 0.15) is 23.2 Å². The summed E-state index contributed by atoms with van der Waals surface area (Å²) in [5.74, 6) is 0.605. The van der Waals surface area contributed by atoms with Crippen LogP contribution in [0.25, 0.3) is 0 Å². The Morgan fingerprint density at radius 3 is 3.00 bits per heavy atom. The Morgan fingerprint density at radius 2 is 2.39 bits per heavy atom. The third-order valence-electron chi connectivity index (χ3n) is 3.34. The van der Waals surface area contributed by atoms with Crippen LogP contribution in [0, 0.1) is 5.92 Å². The molecule has 1 unspecified atom stereocenters. The van der Waals surface area contributed by atoms with E-state index in [0.29, 0.717) is 11.5 Å². The molecule has 0 spiro atoms. The fourth-order valence-corrected chi connectivity index (χ4v) is 2.75. The molecule has 0 N–H and O–H groups in total. The van der Waals surface area contributed by atoms with E-state index in [4.69, 9.17) is 4.74 Å².